The average Bonchev–Trinajstić information content (AvgIpc) is 2.76. The predicted molar refractivity (Wildman–Crippen MR) is 116 cm³/mol. The maximum atomic E-state index is 15.3. The summed E-state index contributed by atoms with van der Waals surface area (Å²) in [5, 5.41) is 9.13. The molecule has 0 radical (unpaired) electrons. The number of nitrogens with zero attached hydrogens (tertiary/aromatic N) is 2. The van der Waals surface area contributed by atoms with E-state index in [-0.39, 0.29) is 35.3 Å². The summed E-state index contributed by atoms with van der Waals surface area (Å²) in [7, 11) is 2.61. The first-order chi connectivity index (χ1) is 14.4. The second kappa shape index (κ2) is 11.2. The maximum absolute atomic E-state index is 15.3. The number of benzene rings is 2. The predicted octanol–water partition coefficient (Wildman–Crippen LogP) is 3.44. The molecule has 0 bridgehead atoms. The van der Waals surface area contributed by atoms with Gasteiger partial charge in [0.25, 0.3) is 0 Å². The van der Waals surface area contributed by atoms with Crippen LogP contribution in [0.25, 0.3) is 0 Å². The van der Waals surface area contributed by atoms with Gasteiger partial charge in [-0.3, -0.25) is 0 Å². The van der Waals surface area contributed by atoms with Crippen molar-refractivity contribution in [3.05, 3.63) is 47.8 Å². The van der Waals surface area contributed by atoms with Crippen molar-refractivity contribution in [3.8, 4) is 11.5 Å². The van der Waals surface area contributed by atoms with Crippen LogP contribution in [-0.2, 0) is 4.74 Å². The number of aliphatic imine (C=N–C) groups is 2. The standard InChI is InChI=1S/C20H22FN3O5S/c1-27-14-10-15(17(21)16(11-14)29-9-8-25)18(19(30-3)24-20(26)28-2)23-13-6-4-12(22)5-7-13/h4-7,10-11,25H,8-9,22H2,1-3H3/b23-18+,24-19-. The molecule has 1 amide bonds. The van der Waals surface area contributed by atoms with Crippen molar-refractivity contribution in [2.24, 2.45) is 9.98 Å². The van der Waals surface area contributed by atoms with E-state index in [1.165, 1.54) is 26.4 Å². The first-order valence-electron chi connectivity index (χ1n) is 8.70. The van der Waals surface area contributed by atoms with E-state index in [1.807, 2.05) is 0 Å². The Labute approximate surface area is 177 Å². The number of aliphatic hydroxyl groups excluding tert-OH is 1. The van der Waals surface area contributed by atoms with Gasteiger partial charge in [0.1, 0.15) is 23.1 Å². The molecule has 0 heterocycles. The summed E-state index contributed by atoms with van der Waals surface area (Å²) in [6, 6.07) is 9.35. The number of ether oxygens (including phenoxy) is 3. The van der Waals surface area contributed by atoms with Crippen LogP contribution in [0.4, 0.5) is 20.6 Å². The Balaban J connectivity index is 2.74. The van der Waals surface area contributed by atoms with Gasteiger partial charge in [-0.15, -0.1) is 11.8 Å². The zero-order valence-corrected chi connectivity index (χ0v) is 17.5. The largest absolute Gasteiger partial charge is 0.497 e. The lowest BCUT2D eigenvalue weighted by Gasteiger charge is -2.14. The van der Waals surface area contributed by atoms with Gasteiger partial charge in [0, 0.05) is 17.3 Å². The molecule has 30 heavy (non-hydrogen) atoms. The molecule has 160 valence electrons. The van der Waals surface area contributed by atoms with Gasteiger partial charge in [0.05, 0.1) is 26.5 Å². The molecule has 0 saturated heterocycles. The van der Waals surface area contributed by atoms with E-state index in [2.05, 4.69) is 14.7 Å². The number of anilines is 1. The van der Waals surface area contributed by atoms with Crippen molar-refractivity contribution in [2.75, 3.05) is 39.4 Å². The summed E-state index contributed by atoms with van der Waals surface area (Å²) in [5.41, 5.74) is 6.79. The van der Waals surface area contributed by atoms with Crippen LogP contribution in [0.15, 0.2) is 46.4 Å². The number of methoxy groups -OCH3 is 2. The van der Waals surface area contributed by atoms with Crippen LogP contribution in [0.5, 0.6) is 11.5 Å². The molecule has 0 saturated carbocycles. The molecule has 10 heteroatoms. The molecular weight excluding hydrogens is 413 g/mol. The molecule has 2 rings (SSSR count). The molecule has 0 aliphatic heterocycles. The third-order valence-corrected chi connectivity index (χ3v) is 4.42. The van der Waals surface area contributed by atoms with Crippen LogP contribution < -0.4 is 15.2 Å². The van der Waals surface area contributed by atoms with E-state index in [0.29, 0.717) is 17.1 Å². The highest BCUT2D eigenvalue weighted by Gasteiger charge is 2.22. The third kappa shape index (κ3) is 5.94. The molecular formula is C20H22FN3O5S. The van der Waals surface area contributed by atoms with E-state index < -0.39 is 11.9 Å². The fourth-order valence-corrected chi connectivity index (χ4v) is 2.86. The molecule has 0 aliphatic carbocycles. The Kier molecular flexibility index (Phi) is 8.63. The lowest BCUT2D eigenvalue weighted by Crippen LogP contribution is -2.17. The maximum Gasteiger partial charge on any atom is 0.434 e. The zero-order chi connectivity index (χ0) is 22.1. The van der Waals surface area contributed by atoms with Crippen molar-refractivity contribution in [1.82, 2.24) is 0 Å². The SMILES string of the molecule is COC(=O)/N=C(SC)/C(=N/c1ccc(N)cc1)c1cc(OC)cc(OCCO)c1F. The first kappa shape index (κ1) is 23.2. The highest BCUT2D eigenvalue weighted by molar-refractivity contribution is 8.15. The number of thioether (sulfide) groups is 1. The number of amides is 1. The average molecular weight is 435 g/mol. The van der Waals surface area contributed by atoms with Crippen molar-refractivity contribution < 1.29 is 28.5 Å². The lowest BCUT2D eigenvalue weighted by molar-refractivity contribution is 0.183. The molecule has 0 aliphatic rings. The Morgan fingerprint density at radius 3 is 2.50 bits per heavy atom. The van der Waals surface area contributed by atoms with Crippen LogP contribution in [0.1, 0.15) is 5.56 Å². The normalized spacial score (nSPS) is 11.9. The molecule has 0 atom stereocenters. The lowest BCUT2D eigenvalue weighted by atomic mass is 10.1. The smallest absolute Gasteiger partial charge is 0.434 e. The second-order valence-electron chi connectivity index (χ2n) is 5.70. The number of nitrogens with two attached hydrogens (primary N) is 1. The van der Waals surface area contributed by atoms with Gasteiger partial charge in [-0.2, -0.15) is 4.99 Å². The number of aliphatic hydroxyl groups is 1. The van der Waals surface area contributed by atoms with Gasteiger partial charge in [0.15, 0.2) is 11.6 Å². The summed E-state index contributed by atoms with van der Waals surface area (Å²) >= 11 is 1.09. The van der Waals surface area contributed by atoms with Crippen LogP contribution in [0, 0.1) is 5.82 Å². The van der Waals surface area contributed by atoms with Gasteiger partial charge < -0.3 is 25.1 Å². The third-order valence-electron chi connectivity index (χ3n) is 3.75. The van der Waals surface area contributed by atoms with Gasteiger partial charge >= 0.3 is 6.09 Å². The molecule has 3 N–H and O–H groups in total. The minimum absolute atomic E-state index is 0.00359. The second-order valence-corrected chi connectivity index (χ2v) is 6.50. The van der Waals surface area contributed by atoms with Crippen molar-refractivity contribution in [1.29, 1.82) is 0 Å². The topological polar surface area (TPSA) is 116 Å². The summed E-state index contributed by atoms with van der Waals surface area (Å²) < 4.78 is 30.4. The summed E-state index contributed by atoms with van der Waals surface area (Å²) in [4.78, 5) is 20.1. The molecule has 0 unspecified atom stereocenters. The minimum atomic E-state index is -0.857. The number of hydrogen-bond acceptors (Lipinski definition) is 8. The van der Waals surface area contributed by atoms with E-state index in [1.54, 1.807) is 30.5 Å². The Bertz CT molecular complexity index is 948. The number of rotatable bonds is 7. The summed E-state index contributed by atoms with van der Waals surface area (Å²) in [6.45, 7) is -0.405. The van der Waals surface area contributed by atoms with Crippen LogP contribution >= 0.6 is 11.8 Å². The fourth-order valence-electron chi connectivity index (χ4n) is 2.35. The first-order valence-corrected chi connectivity index (χ1v) is 9.92. The van der Waals surface area contributed by atoms with E-state index in [9.17, 15) is 4.79 Å². The zero-order valence-electron chi connectivity index (χ0n) is 16.7. The van der Waals surface area contributed by atoms with Crippen LogP contribution in [0.3, 0.4) is 0 Å². The number of hydrogen-bond donors (Lipinski definition) is 2. The quantitative estimate of drug-likeness (QED) is 0.389. The Morgan fingerprint density at radius 2 is 1.93 bits per heavy atom. The van der Waals surface area contributed by atoms with Crippen LogP contribution in [0.2, 0.25) is 0 Å². The fraction of sp³-hybridized carbons (Fsp3) is 0.250. The van der Waals surface area contributed by atoms with E-state index in [4.69, 9.17) is 20.3 Å². The van der Waals surface area contributed by atoms with Gasteiger partial charge in [-0.25, -0.2) is 14.2 Å². The van der Waals surface area contributed by atoms with Gasteiger partial charge in [-0.1, -0.05) is 0 Å². The van der Waals surface area contributed by atoms with E-state index in [0.717, 1.165) is 11.8 Å². The highest BCUT2D eigenvalue weighted by Crippen LogP contribution is 2.30. The van der Waals surface area contributed by atoms with Gasteiger partial charge in [-0.05, 0) is 36.6 Å². The summed E-state index contributed by atoms with van der Waals surface area (Å²) in [6.07, 6.45) is 0.811. The Hall–Kier alpha value is -3.11. The molecule has 8 nitrogen and oxygen atoms in total. The van der Waals surface area contributed by atoms with Crippen molar-refractivity contribution in [2.45, 2.75) is 0 Å². The number of nitrogen functional groups attached to an aromatic ring is 1. The minimum Gasteiger partial charge on any atom is -0.497 e. The molecule has 2 aromatic carbocycles. The number of carbonyl (C=O) groups excluding carboxylic acids is 1. The van der Waals surface area contributed by atoms with Gasteiger partial charge in [0.2, 0.25) is 0 Å². The Morgan fingerprint density at radius 1 is 1.23 bits per heavy atom. The van der Waals surface area contributed by atoms with Crippen molar-refractivity contribution >= 4 is 40.0 Å². The molecule has 0 fully saturated rings. The summed E-state index contributed by atoms with van der Waals surface area (Å²) in [5.74, 6) is -0.588. The van der Waals surface area contributed by atoms with Crippen LogP contribution in [-0.4, -0.2) is 55.6 Å². The van der Waals surface area contributed by atoms with E-state index >= 15 is 4.39 Å². The van der Waals surface area contributed by atoms with Crippen molar-refractivity contribution in [3.63, 3.8) is 0 Å². The molecule has 0 aromatic heterocycles. The highest BCUT2D eigenvalue weighted by atomic mass is 32.2. The number of carbonyl (C=O) groups is 1. The monoisotopic (exact) mass is 435 g/mol. The molecule has 0 spiro atoms. The molecule has 2 aromatic rings. The number of halogens is 1.